The third-order valence-corrected chi connectivity index (χ3v) is 2.82. The third-order valence-electron chi connectivity index (χ3n) is 1.96. The summed E-state index contributed by atoms with van der Waals surface area (Å²) in [5.74, 6) is 1.69. The number of hydrogen-bond donors (Lipinski definition) is 0. The molecule has 0 fully saturated rings. The molecule has 0 saturated carbocycles. The Bertz CT molecular complexity index is 390. The maximum Gasteiger partial charge on any atom is 0.236 e. The number of hydrogen-bond acceptors (Lipinski definition) is 3. The highest BCUT2D eigenvalue weighted by Crippen LogP contribution is 2.25. The molecule has 2 rings (SSSR count). The van der Waals surface area contributed by atoms with Crippen LogP contribution in [-0.2, 0) is 6.42 Å². The van der Waals surface area contributed by atoms with Crippen molar-refractivity contribution in [2.45, 2.75) is 34.1 Å². The van der Waals surface area contributed by atoms with Gasteiger partial charge in [-0.2, -0.15) is 0 Å². The molecule has 0 radical (unpaired) electrons. The second kappa shape index (κ2) is 5.71. The molecule has 0 aromatic carbocycles. The summed E-state index contributed by atoms with van der Waals surface area (Å²) in [5, 5.41) is 2.03. The topological polar surface area (TPSA) is 26.0 Å². The van der Waals surface area contributed by atoms with E-state index in [0.717, 1.165) is 28.6 Å². The van der Waals surface area contributed by atoms with E-state index >= 15 is 0 Å². The number of nitrogens with zero attached hydrogens (tertiary/aromatic N) is 1. The normalized spacial score (nSPS) is 9.60. The van der Waals surface area contributed by atoms with Crippen molar-refractivity contribution in [2.75, 3.05) is 0 Å². The smallest absolute Gasteiger partial charge is 0.236 e. The molecule has 0 unspecified atom stereocenters. The molecule has 0 amide bonds. The standard InChI is InChI=1S/C10H11NOS.C2H6/c1-3-8-7(2)12-10(11-8)9-5-4-6-13-9;1-2/h4-6H,3H2,1-2H3;1-2H3. The van der Waals surface area contributed by atoms with Crippen LogP contribution in [0.2, 0.25) is 0 Å². The van der Waals surface area contributed by atoms with E-state index in [1.165, 1.54) is 0 Å². The van der Waals surface area contributed by atoms with Crippen LogP contribution >= 0.6 is 11.3 Å². The van der Waals surface area contributed by atoms with Crippen LogP contribution in [0.4, 0.5) is 0 Å². The summed E-state index contributed by atoms with van der Waals surface area (Å²) >= 11 is 1.65. The molecular formula is C12H17NOS. The fraction of sp³-hybridized carbons (Fsp3) is 0.417. The van der Waals surface area contributed by atoms with Gasteiger partial charge >= 0.3 is 0 Å². The molecule has 3 heteroatoms. The zero-order valence-corrected chi connectivity index (χ0v) is 10.5. The molecule has 2 aromatic rings. The van der Waals surface area contributed by atoms with Gasteiger partial charge < -0.3 is 4.42 Å². The predicted octanol–water partition coefficient (Wildman–Crippen LogP) is 4.30. The van der Waals surface area contributed by atoms with Gasteiger partial charge in [0.05, 0.1) is 10.6 Å². The molecule has 0 atom stereocenters. The van der Waals surface area contributed by atoms with Gasteiger partial charge in [-0.25, -0.2) is 4.98 Å². The van der Waals surface area contributed by atoms with E-state index in [0.29, 0.717) is 0 Å². The summed E-state index contributed by atoms with van der Waals surface area (Å²) in [6.45, 7) is 8.05. The highest BCUT2D eigenvalue weighted by Gasteiger charge is 2.09. The Labute approximate surface area is 95.0 Å². The largest absolute Gasteiger partial charge is 0.440 e. The van der Waals surface area contributed by atoms with Crippen molar-refractivity contribution >= 4 is 11.3 Å². The van der Waals surface area contributed by atoms with E-state index in [1.807, 2.05) is 38.3 Å². The Hall–Kier alpha value is -1.09. The summed E-state index contributed by atoms with van der Waals surface area (Å²) in [6.07, 6.45) is 0.931. The van der Waals surface area contributed by atoms with Crippen molar-refractivity contribution in [3.8, 4) is 10.8 Å². The Balaban J connectivity index is 0.000000531. The highest BCUT2D eigenvalue weighted by molar-refractivity contribution is 7.13. The van der Waals surface area contributed by atoms with Gasteiger partial charge in [-0.1, -0.05) is 26.8 Å². The molecule has 0 aliphatic carbocycles. The van der Waals surface area contributed by atoms with Crippen molar-refractivity contribution in [3.05, 3.63) is 29.0 Å². The average Bonchev–Trinajstić information content (AvgIpc) is 2.89. The molecule has 0 N–H and O–H groups in total. The van der Waals surface area contributed by atoms with Gasteiger partial charge in [0, 0.05) is 0 Å². The lowest BCUT2D eigenvalue weighted by Crippen LogP contribution is -1.81. The van der Waals surface area contributed by atoms with E-state index in [-0.39, 0.29) is 0 Å². The van der Waals surface area contributed by atoms with Gasteiger partial charge in [-0.05, 0) is 24.8 Å². The second-order valence-corrected chi connectivity index (χ2v) is 3.80. The Morgan fingerprint density at radius 2 is 2.13 bits per heavy atom. The van der Waals surface area contributed by atoms with E-state index in [1.54, 1.807) is 11.3 Å². The van der Waals surface area contributed by atoms with Gasteiger partial charge in [0.1, 0.15) is 5.76 Å². The molecule has 2 aromatic heterocycles. The van der Waals surface area contributed by atoms with Gasteiger partial charge in [0.25, 0.3) is 0 Å². The molecule has 0 aliphatic heterocycles. The monoisotopic (exact) mass is 223 g/mol. The minimum Gasteiger partial charge on any atom is -0.440 e. The summed E-state index contributed by atoms with van der Waals surface area (Å²) in [4.78, 5) is 5.51. The molecule has 2 heterocycles. The van der Waals surface area contributed by atoms with E-state index in [9.17, 15) is 0 Å². The van der Waals surface area contributed by atoms with Crippen molar-refractivity contribution in [1.82, 2.24) is 4.98 Å². The van der Waals surface area contributed by atoms with Crippen molar-refractivity contribution in [1.29, 1.82) is 0 Å². The molecule has 0 spiro atoms. The van der Waals surface area contributed by atoms with Crippen molar-refractivity contribution < 1.29 is 4.42 Å². The predicted molar refractivity (Wildman–Crippen MR) is 65.3 cm³/mol. The number of rotatable bonds is 2. The Kier molecular flexibility index (Phi) is 4.56. The fourth-order valence-corrected chi connectivity index (χ4v) is 1.91. The van der Waals surface area contributed by atoms with Crippen molar-refractivity contribution in [3.63, 3.8) is 0 Å². The minimum atomic E-state index is 0.754. The number of aryl methyl sites for hydroxylation is 2. The molecule has 0 bridgehead atoms. The number of thiophene rings is 1. The molecule has 2 nitrogen and oxygen atoms in total. The molecule has 0 aliphatic rings. The van der Waals surface area contributed by atoms with Crippen LogP contribution in [0.1, 0.15) is 32.2 Å². The van der Waals surface area contributed by atoms with Crippen LogP contribution in [0.5, 0.6) is 0 Å². The van der Waals surface area contributed by atoms with Gasteiger partial charge in [-0.15, -0.1) is 11.3 Å². The van der Waals surface area contributed by atoms with Crippen LogP contribution in [0.3, 0.4) is 0 Å². The average molecular weight is 223 g/mol. The van der Waals surface area contributed by atoms with E-state index in [4.69, 9.17) is 4.42 Å². The highest BCUT2D eigenvalue weighted by atomic mass is 32.1. The number of aromatic nitrogens is 1. The second-order valence-electron chi connectivity index (χ2n) is 2.85. The first kappa shape index (κ1) is 12.0. The van der Waals surface area contributed by atoms with Crippen LogP contribution in [0, 0.1) is 6.92 Å². The molecule has 0 saturated heterocycles. The van der Waals surface area contributed by atoms with Crippen LogP contribution < -0.4 is 0 Å². The maximum absolute atomic E-state index is 5.55. The SMILES string of the molecule is CC.CCc1nc(-c2cccs2)oc1C. The lowest BCUT2D eigenvalue weighted by molar-refractivity contribution is 0.541. The summed E-state index contributed by atoms with van der Waals surface area (Å²) in [5.41, 5.74) is 1.06. The van der Waals surface area contributed by atoms with Gasteiger partial charge in [0.2, 0.25) is 5.89 Å². The van der Waals surface area contributed by atoms with Crippen molar-refractivity contribution in [2.24, 2.45) is 0 Å². The third kappa shape index (κ3) is 2.69. The summed E-state index contributed by atoms with van der Waals surface area (Å²) < 4.78 is 5.55. The Morgan fingerprint density at radius 3 is 2.60 bits per heavy atom. The Morgan fingerprint density at radius 1 is 1.40 bits per heavy atom. The number of oxazole rings is 1. The quantitative estimate of drug-likeness (QED) is 0.758. The lowest BCUT2D eigenvalue weighted by atomic mass is 10.3. The van der Waals surface area contributed by atoms with Crippen LogP contribution in [0.15, 0.2) is 21.9 Å². The zero-order valence-electron chi connectivity index (χ0n) is 9.70. The first-order valence-electron chi connectivity index (χ1n) is 5.31. The molecular weight excluding hydrogens is 206 g/mol. The van der Waals surface area contributed by atoms with Gasteiger partial charge in [-0.3, -0.25) is 0 Å². The van der Waals surface area contributed by atoms with E-state index in [2.05, 4.69) is 11.9 Å². The lowest BCUT2D eigenvalue weighted by Gasteiger charge is -1.84. The first-order chi connectivity index (χ1) is 7.31. The minimum absolute atomic E-state index is 0.754. The zero-order chi connectivity index (χ0) is 11.3. The fourth-order valence-electron chi connectivity index (χ4n) is 1.26. The van der Waals surface area contributed by atoms with Gasteiger partial charge in [0.15, 0.2) is 0 Å². The van der Waals surface area contributed by atoms with Crippen LogP contribution in [-0.4, -0.2) is 4.98 Å². The summed E-state index contributed by atoms with van der Waals surface area (Å²) in [7, 11) is 0. The molecule has 15 heavy (non-hydrogen) atoms. The van der Waals surface area contributed by atoms with Crippen LogP contribution in [0.25, 0.3) is 10.8 Å². The maximum atomic E-state index is 5.55. The summed E-state index contributed by atoms with van der Waals surface area (Å²) in [6, 6.07) is 4.03. The molecule has 82 valence electrons. The van der Waals surface area contributed by atoms with E-state index < -0.39 is 0 Å². The first-order valence-corrected chi connectivity index (χ1v) is 6.19.